The first kappa shape index (κ1) is 14.6. The van der Waals surface area contributed by atoms with E-state index in [-0.39, 0.29) is 0 Å². The summed E-state index contributed by atoms with van der Waals surface area (Å²) in [6.45, 7) is 3.02. The SMILES string of the molecule is CCn1nccc1C(CCc1ccc(OC)cc1)NC. The molecule has 0 aliphatic rings. The molecular weight excluding hydrogens is 250 g/mol. The van der Waals surface area contributed by atoms with Crippen LogP contribution in [-0.2, 0) is 13.0 Å². The molecule has 108 valence electrons. The van der Waals surface area contributed by atoms with Crippen LogP contribution in [0, 0.1) is 0 Å². The van der Waals surface area contributed by atoms with E-state index >= 15 is 0 Å². The van der Waals surface area contributed by atoms with Crippen LogP contribution in [-0.4, -0.2) is 23.9 Å². The molecule has 0 fully saturated rings. The lowest BCUT2D eigenvalue weighted by atomic mass is 10.0. The van der Waals surface area contributed by atoms with E-state index in [1.165, 1.54) is 11.3 Å². The first-order chi connectivity index (χ1) is 9.78. The van der Waals surface area contributed by atoms with Gasteiger partial charge in [-0.3, -0.25) is 4.68 Å². The highest BCUT2D eigenvalue weighted by molar-refractivity contribution is 5.27. The van der Waals surface area contributed by atoms with E-state index < -0.39 is 0 Å². The largest absolute Gasteiger partial charge is 0.497 e. The molecule has 1 atom stereocenters. The maximum absolute atomic E-state index is 5.18. The summed E-state index contributed by atoms with van der Waals surface area (Å²) < 4.78 is 7.23. The van der Waals surface area contributed by atoms with Crippen molar-refractivity contribution in [2.75, 3.05) is 14.2 Å². The first-order valence-electron chi connectivity index (χ1n) is 7.10. The lowest BCUT2D eigenvalue weighted by Gasteiger charge is -2.17. The summed E-state index contributed by atoms with van der Waals surface area (Å²) in [7, 11) is 3.70. The van der Waals surface area contributed by atoms with Gasteiger partial charge in [0.1, 0.15) is 5.75 Å². The van der Waals surface area contributed by atoms with Crippen LogP contribution in [0.4, 0.5) is 0 Å². The lowest BCUT2D eigenvalue weighted by molar-refractivity contribution is 0.414. The summed E-state index contributed by atoms with van der Waals surface area (Å²) >= 11 is 0. The average Bonchev–Trinajstić information content (AvgIpc) is 2.97. The van der Waals surface area contributed by atoms with Crippen LogP contribution >= 0.6 is 0 Å². The van der Waals surface area contributed by atoms with E-state index in [0.717, 1.165) is 25.1 Å². The molecule has 1 aromatic carbocycles. The highest BCUT2D eigenvalue weighted by atomic mass is 16.5. The van der Waals surface area contributed by atoms with Crippen molar-refractivity contribution in [2.45, 2.75) is 32.4 Å². The van der Waals surface area contributed by atoms with Gasteiger partial charge in [-0.2, -0.15) is 5.10 Å². The topological polar surface area (TPSA) is 39.1 Å². The zero-order valence-corrected chi connectivity index (χ0v) is 12.5. The Bertz CT molecular complexity index is 519. The molecule has 4 heteroatoms. The molecule has 1 unspecified atom stereocenters. The molecule has 1 N–H and O–H groups in total. The van der Waals surface area contributed by atoms with Crippen LogP contribution in [0.2, 0.25) is 0 Å². The number of nitrogens with one attached hydrogen (secondary N) is 1. The summed E-state index contributed by atoms with van der Waals surface area (Å²) in [5, 5.41) is 7.73. The van der Waals surface area contributed by atoms with E-state index in [4.69, 9.17) is 4.74 Å². The van der Waals surface area contributed by atoms with Crippen molar-refractivity contribution >= 4 is 0 Å². The van der Waals surface area contributed by atoms with Crippen molar-refractivity contribution in [1.82, 2.24) is 15.1 Å². The number of hydrogen-bond acceptors (Lipinski definition) is 3. The molecule has 2 rings (SSSR count). The summed E-state index contributed by atoms with van der Waals surface area (Å²) in [4.78, 5) is 0. The Hall–Kier alpha value is -1.81. The fraction of sp³-hybridized carbons (Fsp3) is 0.438. The Kier molecular flexibility index (Phi) is 5.18. The second-order valence-corrected chi connectivity index (χ2v) is 4.80. The number of benzene rings is 1. The van der Waals surface area contributed by atoms with Crippen LogP contribution in [0.5, 0.6) is 5.75 Å². The van der Waals surface area contributed by atoms with Gasteiger partial charge in [0.2, 0.25) is 0 Å². The van der Waals surface area contributed by atoms with Gasteiger partial charge in [0, 0.05) is 18.8 Å². The van der Waals surface area contributed by atoms with Crippen molar-refractivity contribution in [2.24, 2.45) is 0 Å². The highest BCUT2D eigenvalue weighted by Gasteiger charge is 2.13. The minimum atomic E-state index is 0.333. The van der Waals surface area contributed by atoms with Gasteiger partial charge in [-0.1, -0.05) is 12.1 Å². The average molecular weight is 273 g/mol. The van der Waals surface area contributed by atoms with E-state index in [2.05, 4.69) is 40.2 Å². The van der Waals surface area contributed by atoms with Crippen molar-refractivity contribution < 1.29 is 4.74 Å². The number of aromatic nitrogens is 2. The molecule has 0 bridgehead atoms. The Morgan fingerprint density at radius 3 is 2.60 bits per heavy atom. The van der Waals surface area contributed by atoms with Gasteiger partial charge in [-0.15, -0.1) is 0 Å². The fourth-order valence-electron chi connectivity index (χ4n) is 2.45. The Balaban J connectivity index is 2.00. The summed E-state index contributed by atoms with van der Waals surface area (Å²) in [5.74, 6) is 0.906. The van der Waals surface area contributed by atoms with Crippen LogP contribution < -0.4 is 10.1 Å². The zero-order chi connectivity index (χ0) is 14.4. The molecule has 0 saturated heterocycles. The molecule has 2 aromatic rings. The third kappa shape index (κ3) is 3.39. The number of aryl methyl sites for hydroxylation is 2. The predicted octanol–water partition coefficient (Wildman–Crippen LogP) is 2.80. The molecular formula is C16H23N3O. The van der Waals surface area contributed by atoms with E-state index in [1.54, 1.807) is 7.11 Å². The second kappa shape index (κ2) is 7.10. The smallest absolute Gasteiger partial charge is 0.118 e. The monoisotopic (exact) mass is 273 g/mol. The standard InChI is InChI=1S/C16H23N3O/c1-4-19-16(11-12-18-19)15(17-2)10-7-13-5-8-14(20-3)9-6-13/h5-6,8-9,11-12,15,17H,4,7,10H2,1-3H3. The van der Waals surface area contributed by atoms with Crippen molar-refractivity contribution in [3.63, 3.8) is 0 Å². The van der Waals surface area contributed by atoms with Gasteiger partial charge in [0.15, 0.2) is 0 Å². The van der Waals surface area contributed by atoms with E-state index in [9.17, 15) is 0 Å². The van der Waals surface area contributed by atoms with Crippen LogP contribution in [0.1, 0.15) is 30.6 Å². The molecule has 0 aliphatic carbocycles. The summed E-state index contributed by atoms with van der Waals surface area (Å²) in [6, 6.07) is 10.7. The van der Waals surface area contributed by atoms with Crippen LogP contribution in [0.25, 0.3) is 0 Å². The van der Waals surface area contributed by atoms with E-state index in [1.807, 2.05) is 25.4 Å². The normalized spacial score (nSPS) is 12.3. The quantitative estimate of drug-likeness (QED) is 0.843. The number of rotatable bonds is 7. The van der Waals surface area contributed by atoms with Gasteiger partial charge < -0.3 is 10.1 Å². The first-order valence-corrected chi connectivity index (χ1v) is 7.10. The number of hydrogen-bond donors (Lipinski definition) is 1. The van der Waals surface area contributed by atoms with Gasteiger partial charge >= 0.3 is 0 Å². The molecule has 1 heterocycles. The number of nitrogens with zero attached hydrogens (tertiary/aromatic N) is 2. The number of methoxy groups -OCH3 is 1. The summed E-state index contributed by atoms with van der Waals surface area (Å²) in [5.41, 5.74) is 2.58. The van der Waals surface area contributed by atoms with E-state index in [0.29, 0.717) is 6.04 Å². The third-order valence-electron chi connectivity index (χ3n) is 3.64. The van der Waals surface area contributed by atoms with Gasteiger partial charge in [0.05, 0.1) is 12.8 Å². The second-order valence-electron chi connectivity index (χ2n) is 4.80. The Labute approximate surface area is 120 Å². The van der Waals surface area contributed by atoms with Crippen LogP contribution in [0.3, 0.4) is 0 Å². The summed E-state index contributed by atoms with van der Waals surface area (Å²) in [6.07, 6.45) is 3.95. The Morgan fingerprint density at radius 2 is 2.00 bits per heavy atom. The van der Waals surface area contributed by atoms with Crippen LogP contribution in [0.15, 0.2) is 36.5 Å². The molecule has 4 nitrogen and oxygen atoms in total. The van der Waals surface area contributed by atoms with Crippen molar-refractivity contribution in [3.8, 4) is 5.75 Å². The highest BCUT2D eigenvalue weighted by Crippen LogP contribution is 2.20. The fourth-order valence-corrected chi connectivity index (χ4v) is 2.45. The van der Waals surface area contributed by atoms with Gasteiger partial charge in [0.25, 0.3) is 0 Å². The van der Waals surface area contributed by atoms with Gasteiger partial charge in [-0.05, 0) is 50.6 Å². The Morgan fingerprint density at radius 1 is 1.25 bits per heavy atom. The molecule has 20 heavy (non-hydrogen) atoms. The molecule has 0 spiro atoms. The lowest BCUT2D eigenvalue weighted by Crippen LogP contribution is -2.20. The number of ether oxygens (including phenoxy) is 1. The maximum Gasteiger partial charge on any atom is 0.118 e. The molecule has 0 radical (unpaired) electrons. The van der Waals surface area contributed by atoms with Crippen molar-refractivity contribution in [1.29, 1.82) is 0 Å². The van der Waals surface area contributed by atoms with Gasteiger partial charge in [-0.25, -0.2) is 0 Å². The van der Waals surface area contributed by atoms with Crippen molar-refractivity contribution in [3.05, 3.63) is 47.8 Å². The zero-order valence-electron chi connectivity index (χ0n) is 12.5. The molecule has 0 aliphatic heterocycles. The minimum Gasteiger partial charge on any atom is -0.497 e. The maximum atomic E-state index is 5.18. The third-order valence-corrected chi connectivity index (χ3v) is 3.64. The minimum absolute atomic E-state index is 0.333. The molecule has 0 amide bonds. The predicted molar refractivity (Wildman–Crippen MR) is 81.0 cm³/mol. The molecule has 1 aromatic heterocycles. The molecule has 0 saturated carbocycles.